The van der Waals surface area contributed by atoms with Crippen molar-refractivity contribution in [3.8, 4) is 0 Å². The SMILES string of the molecule is Cc1ccc(NC(=O)c2cncs2)cc1Cl. The number of carbonyl (C=O) groups is 1. The van der Waals surface area contributed by atoms with Crippen molar-refractivity contribution in [2.75, 3.05) is 5.32 Å². The molecule has 1 aromatic carbocycles. The summed E-state index contributed by atoms with van der Waals surface area (Å²) in [6, 6.07) is 5.42. The number of carbonyl (C=O) groups excluding carboxylic acids is 1. The van der Waals surface area contributed by atoms with Gasteiger partial charge in [0.15, 0.2) is 0 Å². The molecule has 0 radical (unpaired) electrons. The molecule has 1 N–H and O–H groups in total. The number of nitrogens with one attached hydrogen (secondary N) is 1. The first kappa shape index (κ1) is 11.1. The fourth-order valence-corrected chi connectivity index (χ4v) is 1.89. The molecule has 2 aromatic rings. The van der Waals surface area contributed by atoms with Crippen molar-refractivity contribution in [1.29, 1.82) is 0 Å². The van der Waals surface area contributed by atoms with E-state index >= 15 is 0 Å². The van der Waals surface area contributed by atoms with Crippen molar-refractivity contribution in [2.45, 2.75) is 6.92 Å². The molecular formula is C11H9ClN2OS. The predicted molar refractivity (Wildman–Crippen MR) is 66.3 cm³/mol. The second kappa shape index (κ2) is 4.63. The second-order valence-corrected chi connectivity index (χ2v) is 4.58. The van der Waals surface area contributed by atoms with E-state index in [2.05, 4.69) is 10.3 Å². The summed E-state index contributed by atoms with van der Waals surface area (Å²) >= 11 is 7.26. The van der Waals surface area contributed by atoms with E-state index in [-0.39, 0.29) is 5.91 Å². The van der Waals surface area contributed by atoms with Crippen LogP contribution in [-0.4, -0.2) is 10.9 Å². The van der Waals surface area contributed by atoms with Gasteiger partial charge in [0.25, 0.3) is 5.91 Å². The first-order valence-corrected chi connectivity index (χ1v) is 5.88. The Morgan fingerprint density at radius 3 is 2.94 bits per heavy atom. The Morgan fingerprint density at radius 2 is 2.31 bits per heavy atom. The van der Waals surface area contributed by atoms with Crippen molar-refractivity contribution in [1.82, 2.24) is 4.98 Å². The fourth-order valence-electron chi connectivity index (χ4n) is 1.19. The smallest absolute Gasteiger partial charge is 0.267 e. The molecule has 3 nitrogen and oxygen atoms in total. The lowest BCUT2D eigenvalue weighted by atomic mass is 10.2. The number of rotatable bonds is 2. The zero-order valence-corrected chi connectivity index (χ0v) is 10.1. The normalized spacial score (nSPS) is 10.1. The van der Waals surface area contributed by atoms with Gasteiger partial charge in [-0.15, -0.1) is 11.3 Å². The number of aryl methyl sites for hydroxylation is 1. The number of hydrogen-bond acceptors (Lipinski definition) is 3. The predicted octanol–water partition coefficient (Wildman–Crippen LogP) is 3.36. The molecule has 0 aliphatic carbocycles. The summed E-state index contributed by atoms with van der Waals surface area (Å²) in [6.45, 7) is 1.91. The number of thiazole rings is 1. The lowest BCUT2D eigenvalue weighted by Crippen LogP contribution is -2.10. The summed E-state index contributed by atoms with van der Waals surface area (Å²) in [4.78, 5) is 16.1. The van der Waals surface area contributed by atoms with Crippen molar-refractivity contribution in [3.63, 3.8) is 0 Å². The third kappa shape index (κ3) is 2.40. The van der Waals surface area contributed by atoms with Crippen LogP contribution in [0.2, 0.25) is 5.02 Å². The van der Waals surface area contributed by atoms with E-state index in [0.29, 0.717) is 15.6 Å². The quantitative estimate of drug-likeness (QED) is 0.891. The highest BCUT2D eigenvalue weighted by Crippen LogP contribution is 2.20. The zero-order chi connectivity index (χ0) is 11.5. The van der Waals surface area contributed by atoms with Gasteiger partial charge in [-0.1, -0.05) is 17.7 Å². The number of anilines is 1. The molecule has 0 spiro atoms. The largest absolute Gasteiger partial charge is 0.321 e. The van der Waals surface area contributed by atoms with E-state index in [4.69, 9.17) is 11.6 Å². The van der Waals surface area contributed by atoms with Crippen LogP contribution in [0.3, 0.4) is 0 Å². The van der Waals surface area contributed by atoms with Crippen molar-refractivity contribution < 1.29 is 4.79 Å². The van der Waals surface area contributed by atoms with E-state index in [1.54, 1.807) is 11.6 Å². The van der Waals surface area contributed by atoms with Crippen LogP contribution in [0.25, 0.3) is 0 Å². The maximum absolute atomic E-state index is 11.7. The minimum atomic E-state index is -0.164. The number of amides is 1. The van der Waals surface area contributed by atoms with Crippen molar-refractivity contribution in [2.24, 2.45) is 0 Å². The van der Waals surface area contributed by atoms with Gasteiger partial charge >= 0.3 is 0 Å². The summed E-state index contributed by atoms with van der Waals surface area (Å²) in [7, 11) is 0. The maximum atomic E-state index is 11.7. The Labute approximate surface area is 102 Å². The Kier molecular flexibility index (Phi) is 3.22. The lowest BCUT2D eigenvalue weighted by molar-refractivity contribution is 0.103. The van der Waals surface area contributed by atoms with Gasteiger partial charge in [0, 0.05) is 10.7 Å². The lowest BCUT2D eigenvalue weighted by Gasteiger charge is -2.05. The first-order chi connectivity index (χ1) is 7.66. The topological polar surface area (TPSA) is 42.0 Å². The van der Waals surface area contributed by atoms with Gasteiger partial charge in [-0.3, -0.25) is 9.78 Å². The van der Waals surface area contributed by atoms with Crippen LogP contribution in [-0.2, 0) is 0 Å². The van der Waals surface area contributed by atoms with Gasteiger partial charge in [0.1, 0.15) is 4.88 Å². The molecule has 0 fully saturated rings. The van der Waals surface area contributed by atoms with Crippen LogP contribution < -0.4 is 5.32 Å². The molecule has 0 atom stereocenters. The molecule has 0 aliphatic heterocycles. The molecule has 82 valence electrons. The minimum Gasteiger partial charge on any atom is -0.321 e. The Bertz CT molecular complexity index is 511. The van der Waals surface area contributed by atoms with Gasteiger partial charge in [-0.05, 0) is 24.6 Å². The number of nitrogens with zero attached hydrogens (tertiary/aromatic N) is 1. The summed E-state index contributed by atoms with van der Waals surface area (Å²) in [5.74, 6) is -0.164. The van der Waals surface area contributed by atoms with Gasteiger partial charge in [-0.2, -0.15) is 0 Å². The van der Waals surface area contributed by atoms with E-state index < -0.39 is 0 Å². The molecule has 0 bridgehead atoms. The average Bonchev–Trinajstić information content (AvgIpc) is 2.77. The molecule has 0 saturated carbocycles. The monoisotopic (exact) mass is 252 g/mol. The summed E-state index contributed by atoms with van der Waals surface area (Å²) in [5.41, 5.74) is 3.29. The van der Waals surface area contributed by atoms with Crippen LogP contribution in [0.15, 0.2) is 29.9 Å². The molecule has 16 heavy (non-hydrogen) atoms. The van der Waals surface area contributed by atoms with Crippen LogP contribution >= 0.6 is 22.9 Å². The highest BCUT2D eigenvalue weighted by molar-refractivity contribution is 7.11. The Balaban J connectivity index is 2.15. The van der Waals surface area contributed by atoms with E-state index in [0.717, 1.165) is 5.56 Å². The molecule has 0 saturated heterocycles. The molecule has 0 aliphatic rings. The molecule has 2 rings (SSSR count). The number of halogens is 1. The van der Waals surface area contributed by atoms with Crippen molar-refractivity contribution >= 4 is 34.5 Å². The van der Waals surface area contributed by atoms with Crippen molar-refractivity contribution in [3.05, 3.63) is 45.4 Å². The standard InChI is InChI=1S/C11H9ClN2OS/c1-7-2-3-8(4-9(7)12)14-11(15)10-5-13-6-16-10/h2-6H,1H3,(H,14,15). The summed E-state index contributed by atoms with van der Waals surface area (Å²) < 4.78 is 0. The number of hydrogen-bond donors (Lipinski definition) is 1. The minimum absolute atomic E-state index is 0.164. The average molecular weight is 253 g/mol. The second-order valence-electron chi connectivity index (χ2n) is 3.28. The summed E-state index contributed by atoms with van der Waals surface area (Å²) in [6.07, 6.45) is 1.54. The highest BCUT2D eigenvalue weighted by Gasteiger charge is 2.07. The van der Waals surface area contributed by atoms with Crippen LogP contribution in [0.1, 0.15) is 15.2 Å². The van der Waals surface area contributed by atoms with Gasteiger partial charge in [0.2, 0.25) is 0 Å². The Hall–Kier alpha value is -1.39. The van der Waals surface area contributed by atoms with E-state index in [9.17, 15) is 4.79 Å². The van der Waals surface area contributed by atoms with Gasteiger partial charge < -0.3 is 5.32 Å². The van der Waals surface area contributed by atoms with E-state index in [1.165, 1.54) is 17.5 Å². The van der Waals surface area contributed by atoms with Gasteiger partial charge in [0.05, 0.1) is 11.7 Å². The van der Waals surface area contributed by atoms with Crippen LogP contribution in [0.5, 0.6) is 0 Å². The molecule has 1 heterocycles. The fraction of sp³-hybridized carbons (Fsp3) is 0.0909. The van der Waals surface area contributed by atoms with E-state index in [1.807, 2.05) is 19.1 Å². The van der Waals surface area contributed by atoms with Crippen LogP contribution in [0, 0.1) is 6.92 Å². The van der Waals surface area contributed by atoms with Gasteiger partial charge in [-0.25, -0.2) is 0 Å². The number of aromatic nitrogens is 1. The van der Waals surface area contributed by atoms with Crippen LogP contribution in [0.4, 0.5) is 5.69 Å². The molecule has 0 unspecified atom stereocenters. The Morgan fingerprint density at radius 1 is 1.50 bits per heavy atom. The number of benzene rings is 1. The molecular weight excluding hydrogens is 244 g/mol. The maximum Gasteiger partial charge on any atom is 0.267 e. The molecule has 5 heteroatoms. The highest BCUT2D eigenvalue weighted by atomic mass is 35.5. The zero-order valence-electron chi connectivity index (χ0n) is 8.53. The third-order valence-electron chi connectivity index (χ3n) is 2.09. The summed E-state index contributed by atoms with van der Waals surface area (Å²) in [5, 5.41) is 3.40. The molecule has 1 aromatic heterocycles. The third-order valence-corrected chi connectivity index (χ3v) is 3.26. The first-order valence-electron chi connectivity index (χ1n) is 4.63. The molecule has 1 amide bonds.